The van der Waals surface area contributed by atoms with Gasteiger partial charge < -0.3 is 10.1 Å². The van der Waals surface area contributed by atoms with Crippen molar-refractivity contribution in [3.8, 4) is 5.75 Å². The number of benzene rings is 2. The van der Waals surface area contributed by atoms with Gasteiger partial charge in [0.1, 0.15) is 5.82 Å². The highest BCUT2D eigenvalue weighted by atomic mass is 35.5. The Morgan fingerprint density at radius 2 is 1.94 bits per heavy atom. The molecule has 4 rings (SSSR count). The van der Waals surface area contributed by atoms with Gasteiger partial charge >= 0.3 is 5.69 Å². The van der Waals surface area contributed by atoms with E-state index in [0.29, 0.717) is 22.6 Å². The summed E-state index contributed by atoms with van der Waals surface area (Å²) in [5, 5.41) is 22.8. The van der Waals surface area contributed by atoms with Crippen LogP contribution in [-0.2, 0) is 13.3 Å². The van der Waals surface area contributed by atoms with Crippen LogP contribution in [0.25, 0.3) is 0 Å². The maximum atomic E-state index is 14.2. The summed E-state index contributed by atoms with van der Waals surface area (Å²) in [6.45, 7) is 3.45. The van der Waals surface area contributed by atoms with Crippen LogP contribution < -0.4 is 10.1 Å². The predicted octanol–water partition coefficient (Wildman–Crippen LogP) is 4.73. The van der Waals surface area contributed by atoms with Crippen LogP contribution in [0.3, 0.4) is 0 Å². The van der Waals surface area contributed by atoms with Gasteiger partial charge in [-0.1, -0.05) is 29.8 Å². The molecule has 2 aromatic carbocycles. The van der Waals surface area contributed by atoms with Gasteiger partial charge in [0, 0.05) is 22.8 Å². The molecule has 0 aliphatic heterocycles. The first-order chi connectivity index (χ1) is 16.7. The predicted molar refractivity (Wildman–Crippen MR) is 126 cm³/mol. The molecule has 0 radical (unpaired) electrons. The number of nitrogens with one attached hydrogen (secondary N) is 1. The van der Waals surface area contributed by atoms with E-state index in [1.54, 1.807) is 36.7 Å². The minimum absolute atomic E-state index is 0.0904. The molecule has 0 aliphatic carbocycles. The second kappa shape index (κ2) is 9.94. The van der Waals surface area contributed by atoms with Crippen molar-refractivity contribution in [2.75, 3.05) is 5.32 Å². The Kier molecular flexibility index (Phi) is 6.78. The first-order valence-corrected chi connectivity index (χ1v) is 10.8. The topological polar surface area (TPSA) is 117 Å². The second-order valence-electron chi connectivity index (χ2n) is 7.60. The van der Waals surface area contributed by atoms with E-state index in [1.165, 1.54) is 41.2 Å². The number of carbonyl (C=O) groups excluding carboxylic acids is 1. The van der Waals surface area contributed by atoms with Crippen LogP contribution in [0.1, 0.15) is 27.4 Å². The number of halogens is 2. The summed E-state index contributed by atoms with van der Waals surface area (Å²) in [5.74, 6) is -0.832. The largest absolute Gasteiger partial charge is 0.464 e. The van der Waals surface area contributed by atoms with Gasteiger partial charge in [0.05, 0.1) is 28.5 Å². The van der Waals surface area contributed by atoms with Gasteiger partial charge in [-0.3, -0.25) is 19.6 Å². The van der Waals surface area contributed by atoms with Gasteiger partial charge in [-0.05, 0) is 38.1 Å². The third kappa shape index (κ3) is 5.14. The highest BCUT2D eigenvalue weighted by Gasteiger charge is 2.19. The van der Waals surface area contributed by atoms with Crippen LogP contribution in [0.2, 0.25) is 5.02 Å². The van der Waals surface area contributed by atoms with Crippen LogP contribution in [-0.4, -0.2) is 30.4 Å². The average Bonchev–Trinajstić information content (AvgIpc) is 3.40. The monoisotopic (exact) mass is 498 g/mol. The fourth-order valence-electron chi connectivity index (χ4n) is 3.46. The van der Waals surface area contributed by atoms with E-state index in [4.69, 9.17) is 16.3 Å². The van der Waals surface area contributed by atoms with Crippen molar-refractivity contribution in [3.05, 3.63) is 98.3 Å². The zero-order valence-corrected chi connectivity index (χ0v) is 19.5. The first kappa shape index (κ1) is 23.9. The summed E-state index contributed by atoms with van der Waals surface area (Å²) in [4.78, 5) is 23.4. The van der Waals surface area contributed by atoms with Gasteiger partial charge in [0.2, 0.25) is 0 Å². The van der Waals surface area contributed by atoms with E-state index in [2.05, 4.69) is 15.5 Å². The summed E-state index contributed by atoms with van der Waals surface area (Å²) in [6.07, 6.45) is 1.52. The molecule has 0 atom stereocenters. The fourth-order valence-corrected chi connectivity index (χ4v) is 3.69. The standard InChI is InChI=1S/C23H20ClFN6O4/c1-14-22(15(2)30(27-14)12-16-17(24)6-5-7-18(16)25)26-23(32)19-10-11-29(28-19)13-35-21-9-4-3-8-20(21)31(33)34/h3-11H,12-13H2,1-2H3,(H,26,32). The summed E-state index contributed by atoms with van der Waals surface area (Å²) < 4.78 is 22.6. The third-order valence-electron chi connectivity index (χ3n) is 5.28. The second-order valence-corrected chi connectivity index (χ2v) is 8.00. The maximum absolute atomic E-state index is 14.2. The summed E-state index contributed by atoms with van der Waals surface area (Å²) in [6, 6.07) is 11.9. The lowest BCUT2D eigenvalue weighted by Crippen LogP contribution is -2.15. The fraction of sp³-hybridized carbons (Fsp3) is 0.174. The Morgan fingerprint density at radius 3 is 2.69 bits per heavy atom. The Morgan fingerprint density at radius 1 is 1.17 bits per heavy atom. The summed E-state index contributed by atoms with van der Waals surface area (Å²) >= 11 is 6.13. The molecule has 0 saturated carbocycles. The number of hydrogen-bond acceptors (Lipinski definition) is 6. The van der Waals surface area contributed by atoms with E-state index < -0.39 is 16.6 Å². The zero-order chi connectivity index (χ0) is 25.1. The van der Waals surface area contributed by atoms with Crippen LogP contribution in [0.15, 0.2) is 54.7 Å². The highest BCUT2D eigenvalue weighted by Crippen LogP contribution is 2.27. The van der Waals surface area contributed by atoms with Crippen molar-refractivity contribution in [3.63, 3.8) is 0 Å². The molecule has 0 spiro atoms. The zero-order valence-electron chi connectivity index (χ0n) is 18.7. The molecule has 0 fully saturated rings. The van der Waals surface area contributed by atoms with E-state index in [-0.39, 0.29) is 35.4 Å². The van der Waals surface area contributed by atoms with Gasteiger partial charge in [-0.25, -0.2) is 9.07 Å². The molecule has 35 heavy (non-hydrogen) atoms. The number of nitro groups is 1. The van der Waals surface area contributed by atoms with Crippen molar-refractivity contribution in [2.24, 2.45) is 0 Å². The highest BCUT2D eigenvalue weighted by molar-refractivity contribution is 6.31. The van der Waals surface area contributed by atoms with E-state index in [1.807, 2.05) is 0 Å². The molecule has 0 saturated heterocycles. The van der Waals surface area contributed by atoms with Gasteiger partial charge in [0.25, 0.3) is 5.91 Å². The number of rotatable bonds is 8. The number of para-hydroxylation sites is 2. The maximum Gasteiger partial charge on any atom is 0.311 e. The summed E-state index contributed by atoms with van der Waals surface area (Å²) in [7, 11) is 0. The van der Waals surface area contributed by atoms with E-state index in [0.717, 1.165) is 0 Å². The van der Waals surface area contributed by atoms with Gasteiger partial charge in [-0.2, -0.15) is 10.2 Å². The van der Waals surface area contributed by atoms with Gasteiger partial charge in [0.15, 0.2) is 18.2 Å². The van der Waals surface area contributed by atoms with Crippen LogP contribution in [0.4, 0.5) is 15.8 Å². The average molecular weight is 499 g/mol. The smallest absolute Gasteiger partial charge is 0.311 e. The quantitative estimate of drug-likeness (QED) is 0.277. The number of carbonyl (C=O) groups is 1. The Balaban J connectivity index is 1.45. The molecule has 0 bridgehead atoms. The number of amides is 1. The number of nitro benzene ring substituents is 1. The molecule has 0 unspecified atom stereocenters. The number of aryl methyl sites for hydroxylation is 1. The number of aromatic nitrogens is 4. The van der Waals surface area contributed by atoms with Crippen LogP contribution in [0, 0.1) is 29.8 Å². The third-order valence-corrected chi connectivity index (χ3v) is 5.63. The number of hydrogen-bond donors (Lipinski definition) is 1. The lowest BCUT2D eigenvalue weighted by Gasteiger charge is -2.09. The minimum Gasteiger partial charge on any atom is -0.464 e. The van der Waals surface area contributed by atoms with Crippen molar-refractivity contribution >= 4 is 28.9 Å². The lowest BCUT2D eigenvalue weighted by atomic mass is 10.2. The number of nitrogens with zero attached hydrogens (tertiary/aromatic N) is 5. The molecule has 10 nitrogen and oxygen atoms in total. The van der Waals surface area contributed by atoms with E-state index >= 15 is 0 Å². The molecule has 2 heterocycles. The molecule has 1 N–H and O–H groups in total. The SMILES string of the molecule is Cc1nn(Cc2c(F)cccc2Cl)c(C)c1NC(=O)c1ccn(COc2ccccc2[N+](=O)[O-])n1. The first-order valence-electron chi connectivity index (χ1n) is 10.4. The molecule has 180 valence electrons. The van der Waals surface area contributed by atoms with Gasteiger partial charge in [-0.15, -0.1) is 0 Å². The normalized spacial score (nSPS) is 10.9. The molecule has 12 heteroatoms. The molecular weight excluding hydrogens is 479 g/mol. The lowest BCUT2D eigenvalue weighted by molar-refractivity contribution is -0.386. The molecule has 2 aromatic heterocycles. The van der Waals surface area contributed by atoms with Crippen molar-refractivity contribution in [1.82, 2.24) is 19.6 Å². The van der Waals surface area contributed by atoms with Crippen molar-refractivity contribution in [1.29, 1.82) is 0 Å². The van der Waals surface area contributed by atoms with Crippen molar-refractivity contribution < 1.29 is 18.8 Å². The number of anilines is 1. The molecular formula is C23H20ClFN6O4. The Labute approximate surface area is 204 Å². The minimum atomic E-state index is -0.539. The Bertz CT molecular complexity index is 1400. The van der Waals surface area contributed by atoms with Crippen LogP contribution in [0.5, 0.6) is 5.75 Å². The molecule has 4 aromatic rings. The Hall–Kier alpha value is -4.25. The number of ether oxygens (including phenoxy) is 1. The molecule has 1 amide bonds. The van der Waals surface area contributed by atoms with E-state index in [9.17, 15) is 19.3 Å². The van der Waals surface area contributed by atoms with Crippen LogP contribution >= 0.6 is 11.6 Å². The summed E-state index contributed by atoms with van der Waals surface area (Å²) in [5.41, 5.74) is 1.89. The molecule has 0 aliphatic rings. The van der Waals surface area contributed by atoms with Crippen molar-refractivity contribution in [2.45, 2.75) is 27.1 Å².